The summed E-state index contributed by atoms with van der Waals surface area (Å²) >= 11 is 1.28. The molecular weight excluding hydrogens is 298 g/mol. The van der Waals surface area contributed by atoms with Gasteiger partial charge in [0.1, 0.15) is 5.75 Å². The summed E-state index contributed by atoms with van der Waals surface area (Å²) in [7, 11) is 0. The molecule has 0 atom stereocenters. The van der Waals surface area contributed by atoms with Crippen LogP contribution in [0.5, 0.6) is 5.75 Å². The molecule has 0 aliphatic carbocycles. The quantitative estimate of drug-likeness (QED) is 0.891. The number of thiophene rings is 1. The number of hydrogen-bond donors (Lipinski definition) is 2. The Labute approximate surface area is 124 Å². The van der Waals surface area contributed by atoms with Crippen LogP contribution in [0.15, 0.2) is 30.3 Å². The van der Waals surface area contributed by atoms with E-state index in [4.69, 9.17) is 5.73 Å². The summed E-state index contributed by atoms with van der Waals surface area (Å²) in [4.78, 5) is 13.3. The molecule has 1 aromatic carbocycles. The minimum absolute atomic E-state index is 0.0506. The second kappa shape index (κ2) is 6.53. The van der Waals surface area contributed by atoms with E-state index in [2.05, 4.69) is 10.1 Å². The molecule has 2 rings (SSSR count). The number of carbonyl (C=O) groups excluding carboxylic acids is 1. The van der Waals surface area contributed by atoms with Crippen LogP contribution in [-0.2, 0) is 6.54 Å². The van der Waals surface area contributed by atoms with Crippen LogP contribution in [0.25, 0.3) is 0 Å². The summed E-state index contributed by atoms with van der Waals surface area (Å²) in [5, 5.41) is 2.66. The van der Waals surface area contributed by atoms with E-state index in [1.54, 1.807) is 24.3 Å². The molecule has 0 fully saturated rings. The normalized spacial score (nSPS) is 10.7. The first-order valence-electron chi connectivity index (χ1n) is 6.14. The highest BCUT2D eigenvalue weighted by atomic mass is 32.1. The first kappa shape index (κ1) is 15.2. The summed E-state index contributed by atoms with van der Waals surface area (Å²) in [6.45, 7) is -0.984. The van der Waals surface area contributed by atoms with Crippen LogP contribution < -0.4 is 15.8 Å². The van der Waals surface area contributed by atoms with Gasteiger partial charge in [0.25, 0.3) is 5.91 Å². The average Bonchev–Trinajstić information content (AvgIpc) is 2.77. The molecule has 112 valence electrons. The Kier molecular flexibility index (Phi) is 4.74. The Balaban J connectivity index is 2.04. The van der Waals surface area contributed by atoms with Crippen LogP contribution in [0.3, 0.4) is 0 Å². The van der Waals surface area contributed by atoms with Crippen molar-refractivity contribution in [3.05, 3.63) is 45.6 Å². The van der Waals surface area contributed by atoms with Crippen LogP contribution >= 0.6 is 11.3 Å². The lowest BCUT2D eigenvalue weighted by molar-refractivity contribution is -0.0504. The van der Waals surface area contributed by atoms with Gasteiger partial charge in [0.15, 0.2) is 0 Å². The number of aryl methyl sites for hydroxylation is 1. The number of alkyl halides is 2. The zero-order chi connectivity index (χ0) is 15.4. The molecule has 0 unspecified atom stereocenters. The van der Waals surface area contributed by atoms with Gasteiger partial charge in [-0.1, -0.05) is 18.2 Å². The lowest BCUT2D eigenvalue weighted by Gasteiger charge is -2.10. The Morgan fingerprint density at radius 1 is 1.43 bits per heavy atom. The van der Waals surface area contributed by atoms with Gasteiger partial charge < -0.3 is 15.8 Å². The summed E-state index contributed by atoms with van der Waals surface area (Å²) in [5.41, 5.74) is 6.73. The third-order valence-electron chi connectivity index (χ3n) is 2.81. The summed E-state index contributed by atoms with van der Waals surface area (Å²) < 4.78 is 29.0. The van der Waals surface area contributed by atoms with E-state index < -0.39 is 6.61 Å². The highest BCUT2D eigenvalue weighted by Crippen LogP contribution is 2.24. The van der Waals surface area contributed by atoms with Gasteiger partial charge in [-0.2, -0.15) is 8.78 Å². The topological polar surface area (TPSA) is 64.3 Å². The van der Waals surface area contributed by atoms with Crippen molar-refractivity contribution >= 4 is 22.9 Å². The van der Waals surface area contributed by atoms with Crippen LogP contribution in [0.1, 0.15) is 20.1 Å². The molecule has 0 saturated heterocycles. The van der Waals surface area contributed by atoms with Gasteiger partial charge in [-0.3, -0.25) is 4.79 Å². The SMILES string of the molecule is Cc1sc(C(=O)NCc2ccccc2OC(F)F)cc1N. The van der Waals surface area contributed by atoms with E-state index >= 15 is 0 Å². The number of carbonyl (C=O) groups is 1. The van der Waals surface area contributed by atoms with Gasteiger partial charge in [-0.05, 0) is 19.1 Å². The maximum Gasteiger partial charge on any atom is 0.387 e. The Bertz CT molecular complexity index is 624. The molecule has 0 radical (unpaired) electrons. The van der Waals surface area contributed by atoms with E-state index in [-0.39, 0.29) is 18.2 Å². The lowest BCUT2D eigenvalue weighted by atomic mass is 10.2. The second-order valence-electron chi connectivity index (χ2n) is 4.29. The average molecular weight is 312 g/mol. The number of rotatable bonds is 5. The molecule has 1 heterocycles. The first-order chi connectivity index (χ1) is 9.97. The minimum atomic E-state index is -2.90. The smallest absolute Gasteiger partial charge is 0.387 e. The van der Waals surface area contributed by atoms with E-state index in [1.165, 1.54) is 17.4 Å². The number of nitrogens with one attached hydrogen (secondary N) is 1. The molecule has 1 amide bonds. The number of para-hydroxylation sites is 1. The third-order valence-corrected chi connectivity index (χ3v) is 3.87. The number of ether oxygens (including phenoxy) is 1. The van der Waals surface area contributed by atoms with Crippen LogP contribution in [0.2, 0.25) is 0 Å². The maximum atomic E-state index is 12.3. The Hall–Kier alpha value is -2.15. The number of anilines is 1. The number of hydrogen-bond acceptors (Lipinski definition) is 4. The molecule has 4 nitrogen and oxygen atoms in total. The number of nitrogens with two attached hydrogens (primary N) is 1. The molecule has 2 aromatic rings. The van der Waals surface area contributed by atoms with Crippen molar-refractivity contribution in [2.45, 2.75) is 20.1 Å². The molecule has 0 saturated carbocycles. The van der Waals surface area contributed by atoms with Gasteiger partial charge >= 0.3 is 6.61 Å². The second-order valence-corrected chi connectivity index (χ2v) is 5.55. The van der Waals surface area contributed by atoms with Crippen molar-refractivity contribution < 1.29 is 18.3 Å². The zero-order valence-corrected chi connectivity index (χ0v) is 12.0. The van der Waals surface area contributed by atoms with Crippen molar-refractivity contribution in [3.63, 3.8) is 0 Å². The number of benzene rings is 1. The molecule has 1 aromatic heterocycles. The van der Waals surface area contributed by atoms with E-state index in [0.29, 0.717) is 16.1 Å². The highest BCUT2D eigenvalue weighted by molar-refractivity contribution is 7.14. The predicted octanol–water partition coefficient (Wildman–Crippen LogP) is 3.17. The minimum Gasteiger partial charge on any atom is -0.434 e. The van der Waals surface area contributed by atoms with Gasteiger partial charge in [0, 0.05) is 22.7 Å². The summed E-state index contributed by atoms with van der Waals surface area (Å²) in [6, 6.07) is 7.92. The van der Waals surface area contributed by atoms with E-state index in [0.717, 1.165) is 4.88 Å². The van der Waals surface area contributed by atoms with Crippen molar-refractivity contribution in [1.82, 2.24) is 5.32 Å². The Morgan fingerprint density at radius 2 is 2.14 bits per heavy atom. The molecule has 0 bridgehead atoms. The van der Waals surface area contributed by atoms with E-state index in [9.17, 15) is 13.6 Å². The fourth-order valence-corrected chi connectivity index (χ4v) is 2.59. The van der Waals surface area contributed by atoms with Gasteiger partial charge in [0.05, 0.1) is 4.88 Å². The largest absolute Gasteiger partial charge is 0.434 e. The fraction of sp³-hybridized carbons (Fsp3) is 0.214. The molecule has 7 heteroatoms. The van der Waals surface area contributed by atoms with Crippen LogP contribution in [0, 0.1) is 6.92 Å². The van der Waals surface area contributed by atoms with Crippen molar-refractivity contribution in [2.24, 2.45) is 0 Å². The number of amides is 1. The monoisotopic (exact) mass is 312 g/mol. The summed E-state index contributed by atoms with van der Waals surface area (Å²) in [5.74, 6) is -0.249. The van der Waals surface area contributed by atoms with Gasteiger partial charge in [-0.25, -0.2) is 0 Å². The first-order valence-corrected chi connectivity index (χ1v) is 6.96. The van der Waals surface area contributed by atoms with E-state index in [1.807, 2.05) is 6.92 Å². The standard InChI is InChI=1S/C14H14F2N2O2S/c1-8-10(17)6-12(21-8)13(19)18-7-9-4-2-3-5-11(9)20-14(15)16/h2-6,14H,7,17H2,1H3,(H,18,19). The predicted molar refractivity (Wildman–Crippen MR) is 77.7 cm³/mol. The van der Waals surface area contributed by atoms with Gasteiger partial charge in [-0.15, -0.1) is 11.3 Å². The van der Waals surface area contributed by atoms with Crippen molar-refractivity contribution in [2.75, 3.05) is 5.73 Å². The Morgan fingerprint density at radius 3 is 2.76 bits per heavy atom. The fourth-order valence-electron chi connectivity index (χ4n) is 1.73. The zero-order valence-electron chi connectivity index (χ0n) is 11.2. The lowest BCUT2D eigenvalue weighted by Crippen LogP contribution is -2.22. The van der Waals surface area contributed by atoms with Crippen molar-refractivity contribution in [3.8, 4) is 5.75 Å². The van der Waals surface area contributed by atoms with Crippen LogP contribution in [-0.4, -0.2) is 12.5 Å². The molecule has 3 N–H and O–H groups in total. The number of halogens is 2. The van der Waals surface area contributed by atoms with Crippen molar-refractivity contribution in [1.29, 1.82) is 0 Å². The number of nitrogen functional groups attached to an aromatic ring is 1. The molecule has 21 heavy (non-hydrogen) atoms. The molecule has 0 spiro atoms. The highest BCUT2D eigenvalue weighted by Gasteiger charge is 2.13. The summed E-state index contributed by atoms with van der Waals surface area (Å²) in [6.07, 6.45) is 0. The molecule has 0 aliphatic heterocycles. The van der Waals surface area contributed by atoms with Crippen LogP contribution in [0.4, 0.5) is 14.5 Å². The maximum absolute atomic E-state index is 12.3. The molecule has 0 aliphatic rings. The third kappa shape index (κ3) is 3.91. The molecular formula is C14H14F2N2O2S. The van der Waals surface area contributed by atoms with Gasteiger partial charge in [0.2, 0.25) is 0 Å².